The zero-order chi connectivity index (χ0) is 17.2. The van der Waals surface area contributed by atoms with Gasteiger partial charge < -0.3 is 20.3 Å². The number of methoxy groups -OCH3 is 1. The molecule has 2 heterocycles. The summed E-state index contributed by atoms with van der Waals surface area (Å²) < 4.78 is 5.27. The lowest BCUT2D eigenvalue weighted by Crippen LogP contribution is -2.32. The Morgan fingerprint density at radius 1 is 1.07 bits per heavy atom. The standard InChI is InChI=1S/C20H23N3O2.2ClH/c1-25-17-6-4-5-16(9-17)22-19-8-3-2-7-18(19)20(24)23-12-14-10-21-11-15(14)13-23;;/h2-9,14-15,21-22H,10-13H2,1H3;2*1H/t14-,15+;;. The lowest BCUT2D eigenvalue weighted by molar-refractivity contribution is 0.0782. The molecule has 146 valence electrons. The monoisotopic (exact) mass is 409 g/mol. The number of fused-ring (bicyclic) bond motifs is 1. The Morgan fingerprint density at radius 3 is 2.48 bits per heavy atom. The van der Waals surface area contributed by atoms with Crippen molar-refractivity contribution < 1.29 is 9.53 Å². The lowest BCUT2D eigenvalue weighted by atomic mass is 10.0. The van der Waals surface area contributed by atoms with Gasteiger partial charge in [0.05, 0.1) is 18.4 Å². The van der Waals surface area contributed by atoms with Crippen LogP contribution >= 0.6 is 24.8 Å². The van der Waals surface area contributed by atoms with Crippen LogP contribution in [0.15, 0.2) is 48.5 Å². The largest absolute Gasteiger partial charge is 0.497 e. The summed E-state index contributed by atoms with van der Waals surface area (Å²) in [6.45, 7) is 3.75. The Bertz CT molecular complexity index is 775. The van der Waals surface area contributed by atoms with Gasteiger partial charge in [-0.2, -0.15) is 0 Å². The van der Waals surface area contributed by atoms with Gasteiger partial charge in [-0.3, -0.25) is 4.79 Å². The van der Waals surface area contributed by atoms with Crippen LogP contribution in [0.1, 0.15) is 10.4 Å². The highest BCUT2D eigenvalue weighted by atomic mass is 35.5. The number of carbonyl (C=O) groups is 1. The second-order valence-corrected chi connectivity index (χ2v) is 6.79. The number of nitrogens with one attached hydrogen (secondary N) is 2. The molecular formula is C20H25Cl2N3O2. The van der Waals surface area contributed by atoms with E-state index in [9.17, 15) is 4.79 Å². The van der Waals surface area contributed by atoms with E-state index in [0.29, 0.717) is 11.8 Å². The second-order valence-electron chi connectivity index (χ2n) is 6.79. The third-order valence-corrected chi connectivity index (χ3v) is 5.18. The molecule has 5 nitrogen and oxygen atoms in total. The van der Waals surface area contributed by atoms with Crippen LogP contribution < -0.4 is 15.4 Å². The molecule has 0 unspecified atom stereocenters. The zero-order valence-corrected chi connectivity index (χ0v) is 16.8. The van der Waals surface area contributed by atoms with Gasteiger partial charge in [-0.05, 0) is 36.1 Å². The Morgan fingerprint density at radius 2 is 1.78 bits per heavy atom. The molecule has 7 heteroatoms. The highest BCUT2D eigenvalue weighted by molar-refractivity contribution is 6.00. The van der Waals surface area contributed by atoms with Crippen LogP contribution in [-0.4, -0.2) is 44.1 Å². The van der Waals surface area contributed by atoms with Crippen molar-refractivity contribution in [2.24, 2.45) is 11.8 Å². The molecule has 2 N–H and O–H groups in total. The quantitative estimate of drug-likeness (QED) is 0.809. The molecule has 27 heavy (non-hydrogen) atoms. The molecule has 2 aliphatic heterocycles. The first-order valence-corrected chi connectivity index (χ1v) is 8.74. The number of likely N-dealkylation sites (tertiary alicyclic amines) is 1. The molecule has 2 atom stereocenters. The molecular weight excluding hydrogens is 385 g/mol. The number of para-hydroxylation sites is 1. The first-order valence-electron chi connectivity index (χ1n) is 8.74. The molecule has 2 fully saturated rings. The molecule has 4 rings (SSSR count). The van der Waals surface area contributed by atoms with Gasteiger partial charge >= 0.3 is 0 Å². The van der Waals surface area contributed by atoms with Gasteiger partial charge in [-0.15, -0.1) is 24.8 Å². The lowest BCUT2D eigenvalue weighted by Gasteiger charge is -2.20. The van der Waals surface area contributed by atoms with Crippen LogP contribution in [0.25, 0.3) is 0 Å². The van der Waals surface area contributed by atoms with E-state index in [1.165, 1.54) is 0 Å². The normalized spacial score (nSPS) is 20.3. The molecule has 2 aromatic rings. The van der Waals surface area contributed by atoms with Crippen molar-refractivity contribution in [2.75, 3.05) is 38.6 Å². The van der Waals surface area contributed by atoms with Crippen molar-refractivity contribution in [3.05, 3.63) is 54.1 Å². The number of amides is 1. The minimum absolute atomic E-state index is 0. The molecule has 0 spiro atoms. The fraction of sp³-hybridized carbons (Fsp3) is 0.350. The van der Waals surface area contributed by atoms with E-state index in [-0.39, 0.29) is 30.7 Å². The van der Waals surface area contributed by atoms with Crippen LogP contribution in [0.2, 0.25) is 0 Å². The first kappa shape index (κ1) is 21.4. The SMILES string of the molecule is COc1cccc(Nc2ccccc2C(=O)N2C[C@H]3CNC[C@H]3C2)c1.Cl.Cl. The maximum absolute atomic E-state index is 13.1. The van der Waals surface area contributed by atoms with Crippen molar-refractivity contribution >= 4 is 42.1 Å². The Hall–Kier alpha value is -1.95. The summed E-state index contributed by atoms with van der Waals surface area (Å²) in [5.41, 5.74) is 2.45. The summed E-state index contributed by atoms with van der Waals surface area (Å²) >= 11 is 0. The fourth-order valence-electron chi connectivity index (χ4n) is 3.83. The van der Waals surface area contributed by atoms with Crippen LogP contribution in [0.3, 0.4) is 0 Å². The van der Waals surface area contributed by atoms with E-state index >= 15 is 0 Å². The van der Waals surface area contributed by atoms with Gasteiger partial charge in [0.15, 0.2) is 0 Å². The minimum atomic E-state index is 0. The maximum atomic E-state index is 13.1. The van der Waals surface area contributed by atoms with Crippen molar-refractivity contribution in [2.45, 2.75) is 0 Å². The van der Waals surface area contributed by atoms with Gasteiger partial charge in [-0.25, -0.2) is 0 Å². The number of carbonyl (C=O) groups excluding carboxylic acids is 1. The van der Waals surface area contributed by atoms with Crippen molar-refractivity contribution in [1.29, 1.82) is 0 Å². The number of halogens is 2. The molecule has 2 aliphatic rings. The highest BCUT2D eigenvalue weighted by Crippen LogP contribution is 2.30. The van der Waals surface area contributed by atoms with Gasteiger partial charge in [-0.1, -0.05) is 18.2 Å². The summed E-state index contributed by atoms with van der Waals surface area (Å²) in [6, 6.07) is 15.4. The van der Waals surface area contributed by atoms with E-state index in [0.717, 1.165) is 48.9 Å². The highest BCUT2D eigenvalue weighted by Gasteiger charge is 2.38. The number of ether oxygens (including phenoxy) is 1. The number of hydrogen-bond acceptors (Lipinski definition) is 4. The Balaban J connectivity index is 0.00000131. The smallest absolute Gasteiger partial charge is 0.255 e. The molecule has 0 aliphatic carbocycles. The molecule has 0 radical (unpaired) electrons. The Kier molecular flexibility index (Phi) is 7.36. The van der Waals surface area contributed by atoms with Crippen molar-refractivity contribution in [3.8, 4) is 5.75 Å². The van der Waals surface area contributed by atoms with E-state index in [1.807, 2.05) is 53.4 Å². The van der Waals surface area contributed by atoms with Gasteiger partial charge in [0.25, 0.3) is 5.91 Å². The van der Waals surface area contributed by atoms with Crippen LogP contribution in [0.4, 0.5) is 11.4 Å². The average molecular weight is 410 g/mol. The van der Waals surface area contributed by atoms with Crippen molar-refractivity contribution in [1.82, 2.24) is 10.2 Å². The number of hydrogen-bond donors (Lipinski definition) is 2. The minimum Gasteiger partial charge on any atom is -0.497 e. The molecule has 0 bridgehead atoms. The molecule has 2 saturated heterocycles. The van der Waals surface area contributed by atoms with Gasteiger partial charge in [0.2, 0.25) is 0 Å². The van der Waals surface area contributed by atoms with Crippen LogP contribution in [0, 0.1) is 11.8 Å². The van der Waals surface area contributed by atoms with E-state index < -0.39 is 0 Å². The predicted octanol–water partition coefficient (Wildman–Crippen LogP) is 3.57. The summed E-state index contributed by atoms with van der Waals surface area (Å²) in [7, 11) is 1.65. The van der Waals surface area contributed by atoms with E-state index in [1.54, 1.807) is 7.11 Å². The second kappa shape index (κ2) is 9.31. The van der Waals surface area contributed by atoms with Crippen LogP contribution in [0.5, 0.6) is 5.75 Å². The summed E-state index contributed by atoms with van der Waals surface area (Å²) in [4.78, 5) is 15.1. The molecule has 0 saturated carbocycles. The average Bonchev–Trinajstić information content (AvgIpc) is 3.24. The third-order valence-electron chi connectivity index (χ3n) is 5.18. The number of benzene rings is 2. The fourth-order valence-corrected chi connectivity index (χ4v) is 3.83. The maximum Gasteiger partial charge on any atom is 0.255 e. The summed E-state index contributed by atoms with van der Waals surface area (Å²) in [5.74, 6) is 2.10. The predicted molar refractivity (Wildman–Crippen MR) is 113 cm³/mol. The number of rotatable bonds is 4. The van der Waals surface area contributed by atoms with Gasteiger partial charge in [0.1, 0.15) is 5.75 Å². The summed E-state index contributed by atoms with van der Waals surface area (Å²) in [5, 5.41) is 6.78. The van der Waals surface area contributed by atoms with Crippen LogP contribution in [-0.2, 0) is 0 Å². The topological polar surface area (TPSA) is 53.6 Å². The molecule has 2 aromatic carbocycles. The number of anilines is 2. The van der Waals surface area contributed by atoms with E-state index in [4.69, 9.17) is 4.74 Å². The van der Waals surface area contributed by atoms with E-state index in [2.05, 4.69) is 10.6 Å². The van der Waals surface area contributed by atoms with Gasteiger partial charge in [0, 0.05) is 37.9 Å². The third kappa shape index (κ3) is 4.49. The Labute approximate surface area is 172 Å². The molecule has 1 amide bonds. The zero-order valence-electron chi connectivity index (χ0n) is 15.2. The van der Waals surface area contributed by atoms with Crippen molar-refractivity contribution in [3.63, 3.8) is 0 Å². The first-order chi connectivity index (χ1) is 12.2. The summed E-state index contributed by atoms with van der Waals surface area (Å²) in [6.07, 6.45) is 0. The molecule has 0 aromatic heterocycles. The number of nitrogens with zero attached hydrogens (tertiary/aromatic N) is 1.